The van der Waals surface area contributed by atoms with Gasteiger partial charge in [0.05, 0.1) is 20.5 Å². The topological polar surface area (TPSA) is 37.3 Å². The van der Waals surface area contributed by atoms with Gasteiger partial charge < -0.3 is 17.0 Å². The van der Waals surface area contributed by atoms with E-state index in [1.807, 2.05) is 0 Å². The van der Waals surface area contributed by atoms with Crippen LogP contribution in [0.25, 0.3) is 0 Å². The molecule has 0 amide bonds. The largest absolute Gasteiger partial charge is 1.00 e. The zero-order valence-corrected chi connectivity index (χ0v) is 8.18. The Kier molecular flexibility index (Phi) is 6.13. The first-order valence-corrected chi connectivity index (χ1v) is 2.97. The molecule has 0 aromatic heterocycles. The lowest BCUT2D eigenvalue weighted by atomic mass is 10.3. The Morgan fingerprint density at radius 2 is 1.90 bits per heavy atom. The number of Topliss-reactive ketones (excluding diaryl/α,β-unsaturated/α-hetero) is 1. The minimum atomic E-state index is -0.125. The van der Waals surface area contributed by atoms with E-state index in [0.717, 1.165) is 0 Å². The molecule has 62 valence electrons. The number of rotatable bonds is 3. The Labute approximate surface area is 72.0 Å². The Bertz CT molecular complexity index is 109. The van der Waals surface area contributed by atoms with Crippen molar-refractivity contribution in [1.82, 2.24) is 0 Å². The number of carbonyl (C=O) groups is 1. The smallest absolute Gasteiger partial charge is 0.135 e. The number of nitrogens with zero attached hydrogens (tertiary/aromatic N) is 1. The third-order valence-electron chi connectivity index (χ3n) is 1.01. The van der Waals surface area contributed by atoms with E-state index in [9.17, 15) is 4.79 Å². The average molecular weight is 212 g/mol. The van der Waals surface area contributed by atoms with Gasteiger partial charge in [-0.2, -0.15) is 4.65 Å². The predicted octanol–water partition coefficient (Wildman–Crippen LogP) is -2.56. The summed E-state index contributed by atoms with van der Waals surface area (Å²) >= 11 is 0. The molecule has 0 bridgehead atoms. The molecule has 0 heterocycles. The summed E-state index contributed by atoms with van der Waals surface area (Å²) in [7, 11) is 3.28. The van der Waals surface area contributed by atoms with Gasteiger partial charge in [0.15, 0.2) is 0 Å². The first-order chi connectivity index (χ1) is 3.92. The Hall–Kier alpha value is 0.0700. The van der Waals surface area contributed by atoms with Crippen LogP contribution in [0.5, 0.6) is 0 Å². The summed E-state index contributed by atoms with van der Waals surface area (Å²) in [4.78, 5) is 10.4. The minimum Gasteiger partial charge on any atom is -1.00 e. The van der Waals surface area contributed by atoms with Crippen molar-refractivity contribution in [2.45, 2.75) is 13.3 Å². The molecule has 4 heteroatoms. The highest BCUT2D eigenvalue weighted by Gasteiger charge is 2.10. The van der Waals surface area contributed by atoms with Crippen LogP contribution in [0, 0.1) is 0 Å². The minimum absolute atomic E-state index is 0. The summed E-state index contributed by atoms with van der Waals surface area (Å²) in [6.45, 7) is 2.02. The number of hydroxylamine groups is 3. The molecule has 10 heavy (non-hydrogen) atoms. The highest BCUT2D eigenvalue weighted by Crippen LogP contribution is 1.92. The van der Waals surface area contributed by atoms with E-state index in [1.54, 1.807) is 14.1 Å². The van der Waals surface area contributed by atoms with Crippen LogP contribution < -0.4 is 17.0 Å². The molecule has 0 rings (SSSR count). The highest BCUT2D eigenvalue weighted by molar-refractivity contribution is 5.75. The van der Waals surface area contributed by atoms with Crippen LogP contribution in [0.4, 0.5) is 0 Å². The third-order valence-corrected chi connectivity index (χ3v) is 1.01. The second kappa shape index (κ2) is 4.82. The first-order valence-electron chi connectivity index (χ1n) is 2.97. The zero-order valence-electron chi connectivity index (χ0n) is 6.59. The van der Waals surface area contributed by atoms with Crippen LogP contribution in [0.3, 0.4) is 0 Å². The number of hydrogen-bond acceptors (Lipinski definition) is 2. The van der Waals surface area contributed by atoms with Crippen molar-refractivity contribution in [3.8, 4) is 0 Å². The molecule has 0 aliphatic heterocycles. The third kappa shape index (κ3) is 10.9. The second-order valence-electron chi connectivity index (χ2n) is 2.80. The van der Waals surface area contributed by atoms with Crippen LogP contribution >= 0.6 is 0 Å². The molecule has 0 atom stereocenters. The molecule has 0 aromatic carbocycles. The molecule has 0 aliphatic rings. The van der Waals surface area contributed by atoms with E-state index in [4.69, 9.17) is 5.21 Å². The van der Waals surface area contributed by atoms with Crippen molar-refractivity contribution in [2.24, 2.45) is 0 Å². The van der Waals surface area contributed by atoms with Gasteiger partial charge in [-0.15, -0.1) is 0 Å². The normalized spacial score (nSPS) is 10.4. The van der Waals surface area contributed by atoms with Crippen molar-refractivity contribution in [2.75, 3.05) is 20.6 Å². The molecule has 0 radical (unpaired) electrons. The maximum atomic E-state index is 10.4. The SMILES string of the molecule is CC(=O)CC[N+](C)(C)O.[Br-]. The van der Waals surface area contributed by atoms with Crippen molar-refractivity contribution >= 4 is 5.78 Å². The molecular formula is C6H14BrNO2. The number of ketones is 1. The fourth-order valence-corrected chi connectivity index (χ4v) is 0.431. The molecule has 0 fully saturated rings. The molecule has 0 unspecified atom stereocenters. The fraction of sp³-hybridized carbons (Fsp3) is 0.833. The van der Waals surface area contributed by atoms with Crippen molar-refractivity contribution in [3.63, 3.8) is 0 Å². The van der Waals surface area contributed by atoms with Crippen LogP contribution in [0.15, 0.2) is 0 Å². The lowest BCUT2D eigenvalue weighted by molar-refractivity contribution is -1.07. The average Bonchev–Trinajstić information content (AvgIpc) is 1.59. The number of halogens is 1. The highest BCUT2D eigenvalue weighted by atomic mass is 79.9. The summed E-state index contributed by atoms with van der Waals surface area (Å²) in [6.07, 6.45) is 0.448. The fourth-order valence-electron chi connectivity index (χ4n) is 0.431. The summed E-state index contributed by atoms with van der Waals surface area (Å²) < 4.78 is -0.125. The van der Waals surface area contributed by atoms with Gasteiger partial charge in [-0.3, -0.25) is 4.79 Å². The zero-order chi connectivity index (χ0) is 7.49. The summed E-state index contributed by atoms with van der Waals surface area (Å²) in [5, 5.41) is 9.05. The molecule has 0 saturated heterocycles. The summed E-state index contributed by atoms with van der Waals surface area (Å²) in [5.74, 6) is 0.121. The van der Waals surface area contributed by atoms with Gasteiger partial charge in [-0.05, 0) is 6.92 Å². The van der Waals surface area contributed by atoms with Crippen LogP contribution in [0.2, 0.25) is 0 Å². The summed E-state index contributed by atoms with van der Waals surface area (Å²) in [6, 6.07) is 0. The van der Waals surface area contributed by atoms with E-state index in [-0.39, 0.29) is 27.4 Å². The van der Waals surface area contributed by atoms with Crippen LogP contribution in [-0.2, 0) is 4.79 Å². The lowest BCUT2D eigenvalue weighted by Gasteiger charge is -2.17. The maximum Gasteiger partial charge on any atom is 0.135 e. The molecule has 1 N–H and O–H groups in total. The molecule has 0 spiro atoms. The van der Waals surface area contributed by atoms with E-state index in [2.05, 4.69) is 0 Å². The Morgan fingerprint density at radius 3 is 2.00 bits per heavy atom. The van der Waals surface area contributed by atoms with Crippen LogP contribution in [-0.4, -0.2) is 36.3 Å². The van der Waals surface area contributed by atoms with Crippen molar-refractivity contribution < 1.29 is 31.6 Å². The van der Waals surface area contributed by atoms with E-state index < -0.39 is 0 Å². The van der Waals surface area contributed by atoms with Gasteiger partial charge in [0.1, 0.15) is 12.3 Å². The number of hydrogen-bond donors (Lipinski definition) is 1. The van der Waals surface area contributed by atoms with E-state index >= 15 is 0 Å². The van der Waals surface area contributed by atoms with Gasteiger partial charge in [0.2, 0.25) is 0 Å². The maximum absolute atomic E-state index is 10.4. The summed E-state index contributed by atoms with van der Waals surface area (Å²) in [5.41, 5.74) is 0. The van der Waals surface area contributed by atoms with Gasteiger partial charge in [0, 0.05) is 0 Å². The van der Waals surface area contributed by atoms with Crippen LogP contribution in [0.1, 0.15) is 13.3 Å². The molecular weight excluding hydrogens is 198 g/mol. The van der Waals surface area contributed by atoms with E-state index in [1.165, 1.54) is 6.92 Å². The Balaban J connectivity index is 0. The second-order valence-corrected chi connectivity index (χ2v) is 2.80. The van der Waals surface area contributed by atoms with Gasteiger partial charge >= 0.3 is 0 Å². The molecule has 0 aromatic rings. The molecule has 3 nitrogen and oxygen atoms in total. The number of quaternary nitrogens is 1. The molecule has 0 aliphatic carbocycles. The Morgan fingerprint density at radius 1 is 1.50 bits per heavy atom. The van der Waals surface area contributed by atoms with Gasteiger partial charge in [0.25, 0.3) is 0 Å². The standard InChI is InChI=1S/C6H14NO2.BrH/c1-6(8)4-5-7(2,3)9;/h9H,4-5H2,1-3H3;1H/q+1;/p-1. The van der Waals surface area contributed by atoms with E-state index in [0.29, 0.717) is 13.0 Å². The van der Waals surface area contributed by atoms with Gasteiger partial charge in [-0.25, -0.2) is 5.21 Å². The van der Waals surface area contributed by atoms with Gasteiger partial charge in [-0.1, -0.05) is 0 Å². The predicted molar refractivity (Wildman–Crippen MR) is 34.1 cm³/mol. The van der Waals surface area contributed by atoms with Crippen molar-refractivity contribution in [1.29, 1.82) is 0 Å². The first kappa shape index (κ1) is 12.7. The lowest BCUT2D eigenvalue weighted by Crippen LogP contribution is -3.00. The van der Waals surface area contributed by atoms with Crippen molar-refractivity contribution in [3.05, 3.63) is 0 Å². The monoisotopic (exact) mass is 211 g/mol. The quantitative estimate of drug-likeness (QED) is 0.412. The molecule has 0 saturated carbocycles. The number of carbonyl (C=O) groups excluding carboxylic acids is 1.